The molecule has 0 aromatic carbocycles. The fraction of sp³-hybridized carbons (Fsp3) is 0.800. The molecule has 2 N–H and O–H groups in total. The minimum absolute atomic E-state index is 0.111. The zero-order chi connectivity index (χ0) is 13.8. The molecule has 1 fully saturated rings. The highest BCUT2D eigenvalue weighted by Crippen LogP contribution is 2.18. The summed E-state index contributed by atoms with van der Waals surface area (Å²) in [5.41, 5.74) is 5.50. The van der Waals surface area contributed by atoms with Crippen molar-refractivity contribution in [2.45, 2.75) is 19.0 Å². The average Bonchev–Trinajstić information content (AvgIpc) is 2.27. The van der Waals surface area contributed by atoms with Crippen LogP contribution in [-0.4, -0.2) is 48.3 Å². The van der Waals surface area contributed by atoms with Gasteiger partial charge in [-0.25, -0.2) is 0 Å². The third-order valence-electron chi connectivity index (χ3n) is 2.74. The molecule has 4 nitrogen and oxygen atoms in total. The van der Waals surface area contributed by atoms with Gasteiger partial charge in [-0.2, -0.15) is 13.2 Å². The highest BCUT2D eigenvalue weighted by Gasteiger charge is 2.29. The summed E-state index contributed by atoms with van der Waals surface area (Å²) in [6.45, 7) is -1.04. The van der Waals surface area contributed by atoms with Gasteiger partial charge >= 0.3 is 6.18 Å². The average molecular weight is 284 g/mol. The topological polar surface area (TPSA) is 55.6 Å². The normalized spacial score (nSPS) is 17.8. The molecule has 1 saturated heterocycles. The molecule has 0 spiro atoms. The van der Waals surface area contributed by atoms with Crippen molar-refractivity contribution in [1.29, 1.82) is 0 Å². The molecule has 1 aliphatic heterocycles. The van der Waals surface area contributed by atoms with Gasteiger partial charge in [0.2, 0.25) is 5.91 Å². The first-order chi connectivity index (χ1) is 8.29. The number of alkyl halides is 3. The zero-order valence-electron chi connectivity index (χ0n) is 9.70. The molecule has 0 aromatic heterocycles. The number of ether oxygens (including phenoxy) is 1. The Balaban J connectivity index is 2.26. The van der Waals surface area contributed by atoms with E-state index in [0.29, 0.717) is 30.9 Å². The van der Waals surface area contributed by atoms with Crippen molar-refractivity contribution < 1.29 is 22.7 Å². The Hall–Kier alpha value is -0.890. The quantitative estimate of drug-likeness (QED) is 0.785. The van der Waals surface area contributed by atoms with Crippen molar-refractivity contribution in [2.75, 3.05) is 26.3 Å². The number of carbonyl (C=O) groups excluding carboxylic acids is 1. The number of nitrogens with two attached hydrogens (primary N) is 1. The Morgan fingerprint density at radius 3 is 2.39 bits per heavy atom. The Labute approximate surface area is 108 Å². The predicted molar refractivity (Wildman–Crippen MR) is 63.0 cm³/mol. The lowest BCUT2D eigenvalue weighted by molar-refractivity contribution is -0.178. The number of amides is 1. The number of likely N-dealkylation sites (tertiary alicyclic amines) is 1. The van der Waals surface area contributed by atoms with Crippen molar-refractivity contribution in [3.8, 4) is 0 Å². The number of piperidine rings is 1. The summed E-state index contributed by atoms with van der Waals surface area (Å²) < 4.78 is 39.8. The lowest BCUT2D eigenvalue weighted by Crippen LogP contribution is -2.43. The monoisotopic (exact) mass is 284 g/mol. The summed E-state index contributed by atoms with van der Waals surface area (Å²) in [7, 11) is 0. The molecule has 0 aliphatic carbocycles. The van der Waals surface area contributed by atoms with E-state index in [9.17, 15) is 18.0 Å². The van der Waals surface area contributed by atoms with Crippen LogP contribution in [0.3, 0.4) is 0 Å². The SMILES string of the molecule is NC(=S)C1CCN(C(=O)COCC(F)(F)F)CC1. The van der Waals surface area contributed by atoms with Gasteiger partial charge in [0.15, 0.2) is 0 Å². The van der Waals surface area contributed by atoms with Gasteiger partial charge in [0.05, 0.1) is 4.99 Å². The number of nitrogens with zero attached hydrogens (tertiary/aromatic N) is 1. The van der Waals surface area contributed by atoms with Gasteiger partial charge in [-0.05, 0) is 12.8 Å². The van der Waals surface area contributed by atoms with Gasteiger partial charge < -0.3 is 15.4 Å². The minimum Gasteiger partial charge on any atom is -0.393 e. The van der Waals surface area contributed by atoms with Gasteiger partial charge in [-0.15, -0.1) is 0 Å². The summed E-state index contributed by atoms with van der Waals surface area (Å²) in [5.74, 6) is -0.319. The van der Waals surface area contributed by atoms with E-state index in [-0.39, 0.29) is 5.92 Å². The molecule has 1 aliphatic rings. The maximum atomic E-state index is 11.8. The molecule has 8 heteroatoms. The third kappa shape index (κ3) is 5.18. The van der Waals surface area contributed by atoms with Crippen LogP contribution in [0.2, 0.25) is 0 Å². The molecule has 0 atom stereocenters. The van der Waals surface area contributed by atoms with Crippen LogP contribution in [0.5, 0.6) is 0 Å². The van der Waals surface area contributed by atoms with Gasteiger partial charge in [0.1, 0.15) is 13.2 Å². The Morgan fingerprint density at radius 2 is 1.94 bits per heavy atom. The molecule has 0 saturated carbocycles. The van der Waals surface area contributed by atoms with Crippen LogP contribution >= 0.6 is 12.2 Å². The van der Waals surface area contributed by atoms with Crippen molar-refractivity contribution in [1.82, 2.24) is 4.90 Å². The molecule has 0 aromatic rings. The summed E-state index contributed by atoms with van der Waals surface area (Å²) in [6, 6.07) is 0. The molecule has 1 rings (SSSR count). The van der Waals surface area contributed by atoms with Gasteiger partial charge in [0.25, 0.3) is 0 Å². The second kappa shape index (κ2) is 6.33. The second-order valence-corrected chi connectivity index (χ2v) is 4.64. The number of thiocarbonyl (C=S) groups is 1. The molecule has 0 radical (unpaired) electrons. The number of halogens is 3. The van der Waals surface area contributed by atoms with Crippen LogP contribution in [0.25, 0.3) is 0 Å². The standard InChI is InChI=1S/C10H15F3N2O2S/c11-10(12,13)6-17-5-8(16)15-3-1-7(2-4-15)9(14)18/h7H,1-6H2,(H2,14,18). The van der Waals surface area contributed by atoms with Crippen molar-refractivity contribution in [2.24, 2.45) is 11.7 Å². The largest absolute Gasteiger partial charge is 0.411 e. The maximum Gasteiger partial charge on any atom is 0.411 e. The van der Waals surface area contributed by atoms with Crippen LogP contribution in [0, 0.1) is 5.92 Å². The van der Waals surface area contributed by atoms with Crippen LogP contribution in [0.15, 0.2) is 0 Å². The molecule has 18 heavy (non-hydrogen) atoms. The molecule has 1 heterocycles. The molecule has 1 amide bonds. The van der Waals surface area contributed by atoms with E-state index in [4.69, 9.17) is 18.0 Å². The third-order valence-corrected chi connectivity index (χ3v) is 3.07. The first-order valence-electron chi connectivity index (χ1n) is 5.51. The smallest absolute Gasteiger partial charge is 0.393 e. The zero-order valence-corrected chi connectivity index (χ0v) is 10.5. The van der Waals surface area contributed by atoms with Crippen molar-refractivity contribution in [3.05, 3.63) is 0 Å². The van der Waals surface area contributed by atoms with Gasteiger partial charge in [-0.3, -0.25) is 4.79 Å². The second-order valence-electron chi connectivity index (χ2n) is 4.17. The summed E-state index contributed by atoms with van der Waals surface area (Å²) in [5, 5.41) is 0. The number of carbonyl (C=O) groups is 1. The van der Waals surface area contributed by atoms with Crippen LogP contribution < -0.4 is 5.73 Å². The Bertz CT molecular complexity index is 315. The van der Waals surface area contributed by atoms with E-state index in [0.717, 1.165) is 0 Å². The number of hydrogen-bond donors (Lipinski definition) is 1. The van der Waals surface area contributed by atoms with Crippen molar-refractivity contribution >= 4 is 23.1 Å². The molecule has 0 bridgehead atoms. The lowest BCUT2D eigenvalue weighted by atomic mass is 9.97. The summed E-state index contributed by atoms with van der Waals surface area (Å²) in [6.07, 6.45) is -3.10. The highest BCUT2D eigenvalue weighted by molar-refractivity contribution is 7.80. The van der Waals surface area contributed by atoms with E-state index in [2.05, 4.69) is 4.74 Å². The fourth-order valence-electron chi connectivity index (χ4n) is 1.76. The lowest BCUT2D eigenvalue weighted by Gasteiger charge is -2.31. The fourth-order valence-corrected chi connectivity index (χ4v) is 1.99. The highest BCUT2D eigenvalue weighted by atomic mass is 32.1. The van der Waals surface area contributed by atoms with Crippen molar-refractivity contribution in [3.63, 3.8) is 0 Å². The maximum absolute atomic E-state index is 11.8. The number of hydrogen-bond acceptors (Lipinski definition) is 3. The van der Waals surface area contributed by atoms with E-state index < -0.39 is 25.3 Å². The molecule has 104 valence electrons. The van der Waals surface area contributed by atoms with Gasteiger partial charge in [0, 0.05) is 19.0 Å². The Morgan fingerprint density at radius 1 is 1.39 bits per heavy atom. The first kappa shape index (κ1) is 15.2. The van der Waals surface area contributed by atoms with Crippen LogP contribution in [0.4, 0.5) is 13.2 Å². The predicted octanol–water partition coefficient (Wildman–Crippen LogP) is 1.09. The van der Waals surface area contributed by atoms with E-state index in [1.54, 1.807) is 0 Å². The van der Waals surface area contributed by atoms with E-state index in [1.165, 1.54) is 4.90 Å². The number of rotatable bonds is 4. The summed E-state index contributed by atoms with van der Waals surface area (Å²) >= 11 is 4.86. The Kier molecular flexibility index (Phi) is 5.33. The first-order valence-corrected chi connectivity index (χ1v) is 5.92. The molecular formula is C10H15F3N2O2S. The van der Waals surface area contributed by atoms with E-state index in [1.807, 2.05) is 0 Å². The summed E-state index contributed by atoms with van der Waals surface area (Å²) in [4.78, 5) is 13.4. The van der Waals surface area contributed by atoms with Gasteiger partial charge in [-0.1, -0.05) is 12.2 Å². The molecule has 0 unspecified atom stereocenters. The minimum atomic E-state index is -4.40. The van der Waals surface area contributed by atoms with E-state index >= 15 is 0 Å². The van der Waals surface area contributed by atoms with Crippen LogP contribution in [0.1, 0.15) is 12.8 Å². The molecular weight excluding hydrogens is 269 g/mol. The van der Waals surface area contributed by atoms with Crippen LogP contribution in [-0.2, 0) is 9.53 Å².